The molecule has 106 valence electrons. The van der Waals surface area contributed by atoms with Crippen molar-refractivity contribution in [3.05, 3.63) is 27.7 Å². The number of benzene rings is 1. The van der Waals surface area contributed by atoms with Crippen LogP contribution in [0.3, 0.4) is 0 Å². The molecule has 0 bridgehead atoms. The number of carbonyl (C=O) groups is 1. The fraction of sp³-hybridized carbons (Fsp3) is 0.500. The van der Waals surface area contributed by atoms with Gasteiger partial charge in [-0.15, -0.1) is 0 Å². The number of amides is 1. The zero-order valence-corrected chi connectivity index (χ0v) is 13.0. The van der Waals surface area contributed by atoms with Gasteiger partial charge in [0.05, 0.1) is 15.7 Å². The van der Waals surface area contributed by atoms with E-state index >= 15 is 0 Å². The number of hydrogen-bond donors (Lipinski definition) is 2. The van der Waals surface area contributed by atoms with Gasteiger partial charge in [0.25, 0.3) is 0 Å². The molecule has 1 rings (SSSR count). The Labute approximate surface area is 124 Å². The third kappa shape index (κ3) is 5.39. The average molecular weight is 303 g/mol. The largest absolute Gasteiger partial charge is 0.324 e. The summed E-state index contributed by atoms with van der Waals surface area (Å²) in [7, 11) is 0. The van der Waals surface area contributed by atoms with Crippen LogP contribution in [-0.4, -0.2) is 18.5 Å². The summed E-state index contributed by atoms with van der Waals surface area (Å²) in [5.41, 5.74) is 1.40. The Balaban J connectivity index is 2.51. The summed E-state index contributed by atoms with van der Waals surface area (Å²) in [6, 6.07) is 4.00. The molecule has 5 heteroatoms. The Kier molecular flexibility index (Phi) is 6.63. The summed E-state index contributed by atoms with van der Waals surface area (Å²) < 4.78 is 0. The first kappa shape index (κ1) is 16.3. The van der Waals surface area contributed by atoms with E-state index in [9.17, 15) is 4.79 Å². The molecule has 1 aromatic carbocycles. The van der Waals surface area contributed by atoms with Crippen molar-refractivity contribution in [1.29, 1.82) is 0 Å². The van der Waals surface area contributed by atoms with Crippen LogP contribution in [0, 0.1) is 6.92 Å². The molecule has 1 amide bonds. The van der Waals surface area contributed by atoms with E-state index in [1.54, 1.807) is 6.07 Å². The summed E-state index contributed by atoms with van der Waals surface area (Å²) in [6.45, 7) is 6.85. The standard InChI is InChI=1S/C14H20Cl2N2O/c1-9(2)17-8-4-5-12(19)18-14-11(15)7-6-10(3)13(14)16/h6-7,9,17H,4-5,8H2,1-3H3,(H,18,19). The molecule has 0 aromatic heterocycles. The van der Waals surface area contributed by atoms with Crippen molar-refractivity contribution in [3.8, 4) is 0 Å². The van der Waals surface area contributed by atoms with Crippen molar-refractivity contribution in [2.75, 3.05) is 11.9 Å². The number of hydrogen-bond acceptors (Lipinski definition) is 2. The van der Waals surface area contributed by atoms with Crippen LogP contribution >= 0.6 is 23.2 Å². The van der Waals surface area contributed by atoms with Crippen molar-refractivity contribution in [2.24, 2.45) is 0 Å². The van der Waals surface area contributed by atoms with Crippen molar-refractivity contribution < 1.29 is 4.79 Å². The molecule has 3 nitrogen and oxygen atoms in total. The molecule has 1 aromatic rings. The van der Waals surface area contributed by atoms with Crippen LogP contribution in [-0.2, 0) is 4.79 Å². The van der Waals surface area contributed by atoms with Crippen LogP contribution in [0.5, 0.6) is 0 Å². The van der Waals surface area contributed by atoms with Crippen molar-refractivity contribution in [3.63, 3.8) is 0 Å². The summed E-state index contributed by atoms with van der Waals surface area (Å²) in [6.07, 6.45) is 1.23. The van der Waals surface area contributed by atoms with Gasteiger partial charge in [0.15, 0.2) is 0 Å². The summed E-state index contributed by atoms with van der Waals surface area (Å²) >= 11 is 12.2. The van der Waals surface area contributed by atoms with E-state index in [-0.39, 0.29) is 5.91 Å². The fourth-order valence-corrected chi connectivity index (χ4v) is 2.08. The van der Waals surface area contributed by atoms with Crippen LogP contribution in [0.15, 0.2) is 12.1 Å². The Morgan fingerprint density at radius 3 is 2.63 bits per heavy atom. The highest BCUT2D eigenvalue weighted by Crippen LogP contribution is 2.32. The summed E-state index contributed by atoms with van der Waals surface area (Å²) in [5, 5.41) is 7.00. The molecule has 0 saturated heterocycles. The lowest BCUT2D eigenvalue weighted by atomic mass is 10.2. The molecule has 0 unspecified atom stereocenters. The van der Waals surface area contributed by atoms with E-state index < -0.39 is 0 Å². The van der Waals surface area contributed by atoms with Gasteiger partial charge < -0.3 is 10.6 Å². The lowest BCUT2D eigenvalue weighted by molar-refractivity contribution is -0.116. The van der Waals surface area contributed by atoms with Gasteiger partial charge in [-0.05, 0) is 31.5 Å². The lowest BCUT2D eigenvalue weighted by Gasteiger charge is -2.11. The molecule has 19 heavy (non-hydrogen) atoms. The SMILES string of the molecule is Cc1ccc(Cl)c(NC(=O)CCCNC(C)C)c1Cl. The first-order valence-corrected chi connectivity index (χ1v) is 7.15. The quantitative estimate of drug-likeness (QED) is 0.779. The van der Waals surface area contributed by atoms with E-state index in [0.29, 0.717) is 28.2 Å². The maximum atomic E-state index is 11.8. The predicted molar refractivity (Wildman–Crippen MR) is 82.2 cm³/mol. The molecule has 0 fully saturated rings. The van der Waals surface area contributed by atoms with Gasteiger partial charge in [-0.2, -0.15) is 0 Å². The second-order valence-electron chi connectivity index (χ2n) is 4.81. The third-order valence-electron chi connectivity index (χ3n) is 2.68. The Bertz CT molecular complexity index is 447. The Morgan fingerprint density at radius 2 is 2.00 bits per heavy atom. The monoisotopic (exact) mass is 302 g/mol. The van der Waals surface area contributed by atoms with Crippen molar-refractivity contribution >= 4 is 34.8 Å². The minimum atomic E-state index is -0.0695. The van der Waals surface area contributed by atoms with E-state index in [1.807, 2.05) is 13.0 Å². The number of rotatable bonds is 6. The highest BCUT2D eigenvalue weighted by molar-refractivity contribution is 6.40. The van der Waals surface area contributed by atoms with E-state index in [1.165, 1.54) is 0 Å². The maximum absolute atomic E-state index is 11.8. The highest BCUT2D eigenvalue weighted by Gasteiger charge is 2.11. The van der Waals surface area contributed by atoms with Gasteiger partial charge in [-0.25, -0.2) is 0 Å². The van der Waals surface area contributed by atoms with Crippen molar-refractivity contribution in [1.82, 2.24) is 5.32 Å². The van der Waals surface area contributed by atoms with Crippen LogP contribution < -0.4 is 10.6 Å². The number of anilines is 1. The van der Waals surface area contributed by atoms with Crippen LogP contribution in [0.25, 0.3) is 0 Å². The lowest BCUT2D eigenvalue weighted by Crippen LogP contribution is -2.24. The third-order valence-corrected chi connectivity index (χ3v) is 3.48. The second kappa shape index (κ2) is 7.73. The zero-order valence-electron chi connectivity index (χ0n) is 11.5. The Morgan fingerprint density at radius 1 is 1.32 bits per heavy atom. The summed E-state index contributed by atoms with van der Waals surface area (Å²) in [5.74, 6) is -0.0695. The van der Waals surface area contributed by atoms with Gasteiger partial charge in [0.2, 0.25) is 5.91 Å². The highest BCUT2D eigenvalue weighted by atomic mass is 35.5. The van der Waals surface area contributed by atoms with Crippen molar-refractivity contribution in [2.45, 2.75) is 39.7 Å². The molecule has 0 atom stereocenters. The molecule has 0 aliphatic carbocycles. The maximum Gasteiger partial charge on any atom is 0.224 e. The number of carbonyl (C=O) groups excluding carboxylic acids is 1. The van der Waals surface area contributed by atoms with E-state index in [4.69, 9.17) is 23.2 Å². The van der Waals surface area contributed by atoms with Gasteiger partial charge in [0, 0.05) is 12.5 Å². The normalized spacial score (nSPS) is 10.8. The molecule has 0 aliphatic heterocycles. The Hall–Kier alpha value is -0.770. The smallest absolute Gasteiger partial charge is 0.224 e. The molecule has 0 aliphatic rings. The predicted octanol–water partition coefficient (Wildman–Crippen LogP) is 4.02. The van der Waals surface area contributed by atoms with Crippen LogP contribution in [0.1, 0.15) is 32.3 Å². The molecule has 0 heterocycles. The average Bonchev–Trinajstić information content (AvgIpc) is 2.35. The van der Waals surface area contributed by atoms with E-state index in [0.717, 1.165) is 18.5 Å². The van der Waals surface area contributed by atoms with Crippen LogP contribution in [0.4, 0.5) is 5.69 Å². The van der Waals surface area contributed by atoms with E-state index in [2.05, 4.69) is 24.5 Å². The topological polar surface area (TPSA) is 41.1 Å². The first-order chi connectivity index (χ1) is 8.91. The zero-order chi connectivity index (χ0) is 14.4. The van der Waals surface area contributed by atoms with Gasteiger partial charge >= 0.3 is 0 Å². The number of halogens is 2. The minimum absolute atomic E-state index is 0.0695. The summed E-state index contributed by atoms with van der Waals surface area (Å²) in [4.78, 5) is 11.8. The number of aryl methyl sites for hydroxylation is 1. The van der Waals surface area contributed by atoms with Gasteiger partial charge in [-0.1, -0.05) is 43.1 Å². The van der Waals surface area contributed by atoms with Gasteiger partial charge in [0.1, 0.15) is 0 Å². The number of nitrogens with one attached hydrogen (secondary N) is 2. The molecule has 0 spiro atoms. The van der Waals surface area contributed by atoms with Gasteiger partial charge in [-0.3, -0.25) is 4.79 Å². The fourth-order valence-electron chi connectivity index (χ4n) is 1.61. The molecule has 2 N–H and O–H groups in total. The molecule has 0 saturated carbocycles. The molecule has 0 radical (unpaired) electrons. The molecular formula is C14H20Cl2N2O. The first-order valence-electron chi connectivity index (χ1n) is 6.39. The molecular weight excluding hydrogens is 283 g/mol. The second-order valence-corrected chi connectivity index (χ2v) is 5.60. The minimum Gasteiger partial charge on any atom is -0.324 e. The van der Waals surface area contributed by atoms with Crippen LogP contribution in [0.2, 0.25) is 10.0 Å².